The summed E-state index contributed by atoms with van der Waals surface area (Å²) in [5, 5.41) is 8.76. The van der Waals surface area contributed by atoms with Crippen molar-refractivity contribution in [2.45, 2.75) is 12.5 Å². The van der Waals surface area contributed by atoms with Gasteiger partial charge >= 0.3 is 5.97 Å². The molecule has 0 aliphatic rings. The van der Waals surface area contributed by atoms with Crippen LogP contribution in [-0.2, 0) is 11.2 Å². The second-order valence-corrected chi connectivity index (χ2v) is 3.88. The van der Waals surface area contributed by atoms with Crippen molar-refractivity contribution in [2.75, 3.05) is 0 Å². The minimum absolute atomic E-state index is 0. The number of carbonyl (C=O) groups is 1. The predicted octanol–water partition coefficient (Wildman–Crippen LogP) is 1.52. The number of carboxylic acids is 1. The molecule has 0 aliphatic heterocycles. The van der Waals surface area contributed by atoms with Gasteiger partial charge in [0.15, 0.2) is 0 Å². The van der Waals surface area contributed by atoms with Gasteiger partial charge in [-0.1, -0.05) is 12.1 Å². The van der Waals surface area contributed by atoms with Gasteiger partial charge in [-0.05, 0) is 24.3 Å². The molecule has 100 valence electrons. The van der Waals surface area contributed by atoms with Crippen molar-refractivity contribution in [1.82, 2.24) is 9.97 Å². The van der Waals surface area contributed by atoms with E-state index in [9.17, 15) is 4.79 Å². The first-order valence-corrected chi connectivity index (χ1v) is 5.52. The monoisotopic (exact) mass is 279 g/mol. The highest BCUT2D eigenvalue weighted by molar-refractivity contribution is 5.85. The maximum atomic E-state index is 10.7. The van der Waals surface area contributed by atoms with Gasteiger partial charge in [0.05, 0.1) is 11.4 Å². The Balaban J connectivity index is 0.00000180. The average molecular weight is 280 g/mol. The van der Waals surface area contributed by atoms with Crippen LogP contribution < -0.4 is 5.73 Å². The molecule has 0 spiro atoms. The fraction of sp³-hybridized carbons (Fsp3) is 0.154. The molecule has 2 aromatic rings. The number of aromatic nitrogens is 2. The first-order chi connectivity index (χ1) is 8.66. The zero-order valence-electron chi connectivity index (χ0n) is 10.1. The molecule has 2 heterocycles. The Morgan fingerprint density at radius 1 is 1.21 bits per heavy atom. The van der Waals surface area contributed by atoms with Gasteiger partial charge in [-0.15, -0.1) is 12.4 Å². The number of hydrogen-bond donors (Lipinski definition) is 2. The summed E-state index contributed by atoms with van der Waals surface area (Å²) in [5.74, 6) is -1.03. The molecule has 0 aliphatic carbocycles. The molecule has 6 heteroatoms. The SMILES string of the molecule is Cl.N[C@@H](Cc1cccc(-c2ccccn2)n1)C(=O)O. The van der Waals surface area contributed by atoms with E-state index in [0.29, 0.717) is 11.4 Å². The summed E-state index contributed by atoms with van der Waals surface area (Å²) >= 11 is 0. The first kappa shape index (κ1) is 15.1. The van der Waals surface area contributed by atoms with Crippen LogP contribution in [0.1, 0.15) is 5.69 Å². The van der Waals surface area contributed by atoms with Gasteiger partial charge in [-0.2, -0.15) is 0 Å². The Morgan fingerprint density at radius 2 is 1.95 bits per heavy atom. The van der Waals surface area contributed by atoms with Gasteiger partial charge in [-0.3, -0.25) is 14.8 Å². The summed E-state index contributed by atoms with van der Waals surface area (Å²) in [5.41, 5.74) is 7.60. The smallest absolute Gasteiger partial charge is 0.320 e. The number of carboxylic acid groups (broad SMARTS) is 1. The van der Waals surface area contributed by atoms with Crippen LogP contribution in [-0.4, -0.2) is 27.1 Å². The van der Waals surface area contributed by atoms with E-state index in [1.54, 1.807) is 12.3 Å². The molecule has 2 rings (SSSR count). The van der Waals surface area contributed by atoms with Crippen molar-refractivity contribution < 1.29 is 9.90 Å². The summed E-state index contributed by atoms with van der Waals surface area (Å²) in [6.45, 7) is 0. The fourth-order valence-corrected chi connectivity index (χ4v) is 1.56. The molecular weight excluding hydrogens is 266 g/mol. The highest BCUT2D eigenvalue weighted by atomic mass is 35.5. The highest BCUT2D eigenvalue weighted by Crippen LogP contribution is 2.14. The molecule has 0 unspecified atom stereocenters. The van der Waals surface area contributed by atoms with E-state index in [0.717, 1.165) is 5.69 Å². The van der Waals surface area contributed by atoms with Crippen molar-refractivity contribution in [3.8, 4) is 11.4 Å². The van der Waals surface area contributed by atoms with Gasteiger partial charge in [0.1, 0.15) is 6.04 Å². The van der Waals surface area contributed by atoms with E-state index in [1.165, 1.54) is 0 Å². The third kappa shape index (κ3) is 4.01. The fourth-order valence-electron chi connectivity index (χ4n) is 1.56. The Kier molecular flexibility index (Phi) is 5.41. The van der Waals surface area contributed by atoms with Crippen LogP contribution in [0.3, 0.4) is 0 Å². The van der Waals surface area contributed by atoms with Gasteiger partial charge in [0, 0.05) is 18.3 Å². The van der Waals surface area contributed by atoms with Crippen LogP contribution in [0.15, 0.2) is 42.6 Å². The Bertz CT molecular complexity index is 549. The highest BCUT2D eigenvalue weighted by Gasteiger charge is 2.13. The van der Waals surface area contributed by atoms with E-state index in [4.69, 9.17) is 10.8 Å². The number of nitrogens with two attached hydrogens (primary N) is 1. The van der Waals surface area contributed by atoms with Crippen molar-refractivity contribution in [1.29, 1.82) is 0 Å². The maximum absolute atomic E-state index is 10.7. The molecule has 0 bridgehead atoms. The molecule has 0 saturated carbocycles. The van der Waals surface area contributed by atoms with E-state index in [1.807, 2.05) is 30.3 Å². The lowest BCUT2D eigenvalue weighted by molar-refractivity contribution is -0.138. The van der Waals surface area contributed by atoms with Crippen molar-refractivity contribution in [3.05, 3.63) is 48.3 Å². The molecule has 2 aromatic heterocycles. The first-order valence-electron chi connectivity index (χ1n) is 5.52. The zero-order valence-corrected chi connectivity index (χ0v) is 10.9. The third-order valence-electron chi connectivity index (χ3n) is 2.48. The van der Waals surface area contributed by atoms with Crippen molar-refractivity contribution in [2.24, 2.45) is 5.73 Å². The molecule has 0 aromatic carbocycles. The molecule has 5 nitrogen and oxygen atoms in total. The number of rotatable bonds is 4. The summed E-state index contributed by atoms with van der Waals surface area (Å²) in [7, 11) is 0. The van der Waals surface area contributed by atoms with Crippen molar-refractivity contribution in [3.63, 3.8) is 0 Å². The van der Waals surface area contributed by atoms with E-state index < -0.39 is 12.0 Å². The van der Waals surface area contributed by atoms with Gasteiger partial charge < -0.3 is 10.8 Å². The van der Waals surface area contributed by atoms with E-state index in [-0.39, 0.29) is 18.8 Å². The molecule has 0 amide bonds. The molecule has 19 heavy (non-hydrogen) atoms. The predicted molar refractivity (Wildman–Crippen MR) is 74.0 cm³/mol. The molecule has 0 saturated heterocycles. The zero-order chi connectivity index (χ0) is 13.0. The lowest BCUT2D eigenvalue weighted by Crippen LogP contribution is -2.32. The Labute approximate surface area is 116 Å². The van der Waals surface area contributed by atoms with Crippen LogP contribution in [0.2, 0.25) is 0 Å². The Hall–Kier alpha value is -1.98. The third-order valence-corrected chi connectivity index (χ3v) is 2.48. The van der Waals surface area contributed by atoms with Crippen LogP contribution in [0.25, 0.3) is 11.4 Å². The minimum atomic E-state index is -1.03. The second kappa shape index (κ2) is 6.82. The Morgan fingerprint density at radius 3 is 2.58 bits per heavy atom. The number of aliphatic carboxylic acids is 1. The number of hydrogen-bond acceptors (Lipinski definition) is 4. The van der Waals surface area contributed by atoms with Gasteiger partial charge in [0.25, 0.3) is 0 Å². The molecule has 3 N–H and O–H groups in total. The summed E-state index contributed by atoms with van der Waals surface area (Å²) < 4.78 is 0. The molecule has 1 atom stereocenters. The van der Waals surface area contributed by atoms with Crippen molar-refractivity contribution >= 4 is 18.4 Å². The van der Waals surface area contributed by atoms with E-state index >= 15 is 0 Å². The van der Waals surface area contributed by atoms with Crippen LogP contribution in [0, 0.1) is 0 Å². The standard InChI is InChI=1S/C13H13N3O2.ClH/c14-10(13(17)18)8-9-4-3-6-12(16-9)11-5-1-2-7-15-11;/h1-7,10H,8,14H2,(H,17,18);1H/t10-;/m0./s1. The van der Waals surface area contributed by atoms with Gasteiger partial charge in [-0.25, -0.2) is 0 Å². The quantitative estimate of drug-likeness (QED) is 0.886. The van der Waals surface area contributed by atoms with Gasteiger partial charge in [0.2, 0.25) is 0 Å². The van der Waals surface area contributed by atoms with E-state index in [2.05, 4.69) is 9.97 Å². The number of nitrogens with zero attached hydrogens (tertiary/aromatic N) is 2. The second-order valence-electron chi connectivity index (χ2n) is 3.88. The number of halogens is 1. The summed E-state index contributed by atoms with van der Waals surface area (Å²) in [6, 6.07) is 10.0. The molecule has 0 radical (unpaired) electrons. The lowest BCUT2D eigenvalue weighted by atomic mass is 10.1. The minimum Gasteiger partial charge on any atom is -0.480 e. The van der Waals surface area contributed by atoms with Crippen LogP contribution in [0.4, 0.5) is 0 Å². The normalized spacial score (nSPS) is 11.4. The molecule has 0 fully saturated rings. The maximum Gasteiger partial charge on any atom is 0.320 e. The average Bonchev–Trinajstić information content (AvgIpc) is 2.40. The molecular formula is C13H14ClN3O2. The van der Waals surface area contributed by atoms with Crippen LogP contribution >= 0.6 is 12.4 Å². The summed E-state index contributed by atoms with van der Waals surface area (Å²) in [6.07, 6.45) is 1.89. The lowest BCUT2D eigenvalue weighted by Gasteiger charge is -2.07. The topological polar surface area (TPSA) is 89.1 Å². The number of pyridine rings is 2. The largest absolute Gasteiger partial charge is 0.480 e. The summed E-state index contributed by atoms with van der Waals surface area (Å²) in [4.78, 5) is 19.2. The van der Waals surface area contributed by atoms with Crippen LogP contribution in [0.5, 0.6) is 0 Å².